The van der Waals surface area contributed by atoms with Crippen molar-refractivity contribution in [1.82, 2.24) is 5.32 Å². The van der Waals surface area contributed by atoms with E-state index in [1.54, 1.807) is 30.5 Å². The molecule has 2 amide bonds. The maximum Gasteiger partial charge on any atom is 0.319 e. The van der Waals surface area contributed by atoms with Crippen molar-refractivity contribution in [2.75, 3.05) is 18.2 Å². The first-order valence-corrected chi connectivity index (χ1v) is 8.62. The van der Waals surface area contributed by atoms with Crippen molar-refractivity contribution in [1.29, 1.82) is 0 Å². The van der Waals surface area contributed by atoms with Gasteiger partial charge in [0.25, 0.3) is 0 Å². The highest BCUT2D eigenvalue weighted by atomic mass is 32.2. The summed E-state index contributed by atoms with van der Waals surface area (Å²) in [6, 6.07) is 6.65. The van der Waals surface area contributed by atoms with E-state index in [2.05, 4.69) is 10.6 Å². The number of nitrogens with one attached hydrogen (secondary N) is 2. The Hall–Kier alpha value is -1.40. The second kappa shape index (κ2) is 6.58. The summed E-state index contributed by atoms with van der Waals surface area (Å²) < 4.78 is 11.3. The third-order valence-electron chi connectivity index (χ3n) is 4.19. The molecule has 1 aromatic rings. The zero-order valence-electron chi connectivity index (χ0n) is 12.4. The Morgan fingerprint density at radius 2 is 2.10 bits per heavy atom. The van der Waals surface area contributed by atoms with Crippen molar-refractivity contribution in [3.63, 3.8) is 0 Å². The van der Waals surface area contributed by atoms with Gasteiger partial charge in [0.05, 0.1) is 6.61 Å². The minimum atomic E-state index is -1.02. The third kappa shape index (κ3) is 3.83. The first kappa shape index (κ1) is 16.0. The average molecular weight is 310 g/mol. The predicted octanol–water partition coefficient (Wildman–Crippen LogP) is 2.10. The number of rotatable bonds is 4. The van der Waals surface area contributed by atoms with E-state index in [1.807, 2.05) is 6.92 Å². The van der Waals surface area contributed by atoms with Crippen LogP contribution in [0.5, 0.6) is 0 Å². The molecule has 2 rings (SSSR count). The van der Waals surface area contributed by atoms with Crippen LogP contribution in [0.15, 0.2) is 29.2 Å². The SMILES string of the molecule is CS(=O)c1ccc(NC(=O)NC2CCCC2(C)CO)cc1. The number of carbonyl (C=O) groups excluding carboxylic acids is 1. The molecule has 0 saturated heterocycles. The largest absolute Gasteiger partial charge is 0.396 e. The lowest BCUT2D eigenvalue weighted by Crippen LogP contribution is -2.46. The number of hydrogen-bond acceptors (Lipinski definition) is 3. The van der Waals surface area contributed by atoms with Crippen LogP contribution in [0.3, 0.4) is 0 Å². The van der Waals surface area contributed by atoms with Crippen LogP contribution in [0, 0.1) is 5.41 Å². The molecule has 0 heterocycles. The maximum absolute atomic E-state index is 12.0. The third-order valence-corrected chi connectivity index (χ3v) is 5.13. The number of hydrogen-bond donors (Lipinski definition) is 3. The van der Waals surface area contributed by atoms with Crippen LogP contribution in [0.4, 0.5) is 10.5 Å². The fourth-order valence-electron chi connectivity index (χ4n) is 2.72. The zero-order chi connectivity index (χ0) is 15.5. The molecule has 1 aliphatic carbocycles. The van der Waals surface area contributed by atoms with Crippen molar-refractivity contribution in [2.45, 2.75) is 37.1 Å². The van der Waals surface area contributed by atoms with Crippen LogP contribution in [0.1, 0.15) is 26.2 Å². The van der Waals surface area contributed by atoms with E-state index in [9.17, 15) is 14.1 Å². The van der Waals surface area contributed by atoms with Crippen molar-refractivity contribution in [3.8, 4) is 0 Å². The Morgan fingerprint density at radius 1 is 1.43 bits per heavy atom. The van der Waals surface area contributed by atoms with Gasteiger partial charge in [0.2, 0.25) is 0 Å². The lowest BCUT2D eigenvalue weighted by Gasteiger charge is -2.30. The highest BCUT2D eigenvalue weighted by molar-refractivity contribution is 7.84. The Balaban J connectivity index is 1.94. The van der Waals surface area contributed by atoms with Crippen LogP contribution in [0.25, 0.3) is 0 Å². The molecule has 6 heteroatoms. The van der Waals surface area contributed by atoms with E-state index in [-0.39, 0.29) is 24.1 Å². The fourth-order valence-corrected chi connectivity index (χ4v) is 3.24. The predicted molar refractivity (Wildman–Crippen MR) is 83.8 cm³/mol. The quantitative estimate of drug-likeness (QED) is 0.797. The molecule has 0 radical (unpaired) electrons. The summed E-state index contributed by atoms with van der Waals surface area (Å²) in [5, 5.41) is 15.2. The van der Waals surface area contributed by atoms with Gasteiger partial charge in [-0.1, -0.05) is 13.3 Å². The molecule has 0 spiro atoms. The van der Waals surface area contributed by atoms with Gasteiger partial charge in [0, 0.05) is 39.1 Å². The standard InChI is InChI=1S/C15H22N2O3S/c1-15(10-18)9-3-4-13(15)17-14(19)16-11-5-7-12(8-6-11)21(2)20/h5-8,13,18H,3-4,9-10H2,1-2H3,(H2,16,17,19). The average Bonchev–Trinajstić information content (AvgIpc) is 2.81. The fraction of sp³-hybridized carbons (Fsp3) is 0.533. The number of aliphatic hydroxyl groups excluding tert-OH is 1. The summed E-state index contributed by atoms with van der Waals surface area (Å²) in [5.41, 5.74) is 0.422. The number of amides is 2. The van der Waals surface area contributed by atoms with Gasteiger partial charge in [-0.3, -0.25) is 4.21 Å². The maximum atomic E-state index is 12.0. The van der Waals surface area contributed by atoms with Crippen LogP contribution in [-0.2, 0) is 10.8 Å². The molecule has 1 fully saturated rings. The second-order valence-electron chi connectivity index (χ2n) is 5.83. The van der Waals surface area contributed by atoms with E-state index in [0.717, 1.165) is 24.2 Å². The van der Waals surface area contributed by atoms with Gasteiger partial charge in [-0.25, -0.2) is 4.79 Å². The van der Waals surface area contributed by atoms with Crippen molar-refractivity contribution in [3.05, 3.63) is 24.3 Å². The summed E-state index contributed by atoms with van der Waals surface area (Å²) >= 11 is 0. The van der Waals surface area contributed by atoms with Crippen LogP contribution >= 0.6 is 0 Å². The molecule has 1 aliphatic rings. The second-order valence-corrected chi connectivity index (χ2v) is 7.21. The van der Waals surface area contributed by atoms with E-state index < -0.39 is 10.8 Å². The van der Waals surface area contributed by atoms with Gasteiger partial charge >= 0.3 is 6.03 Å². The molecule has 1 saturated carbocycles. The number of carbonyl (C=O) groups is 1. The van der Waals surface area contributed by atoms with Crippen LogP contribution < -0.4 is 10.6 Å². The lowest BCUT2D eigenvalue weighted by atomic mass is 9.86. The van der Waals surface area contributed by atoms with E-state index in [4.69, 9.17) is 0 Å². The first-order chi connectivity index (χ1) is 9.94. The Bertz CT molecular complexity index is 532. The number of benzene rings is 1. The number of urea groups is 1. The number of anilines is 1. The summed E-state index contributed by atoms with van der Waals surface area (Å²) in [6.07, 6.45) is 4.44. The van der Waals surface area contributed by atoms with Gasteiger partial charge in [0.1, 0.15) is 0 Å². The van der Waals surface area contributed by atoms with Crippen molar-refractivity contribution < 1.29 is 14.1 Å². The van der Waals surface area contributed by atoms with E-state index in [0.29, 0.717) is 5.69 Å². The van der Waals surface area contributed by atoms with Crippen molar-refractivity contribution >= 4 is 22.5 Å². The molecular formula is C15H22N2O3S. The molecule has 3 unspecified atom stereocenters. The molecule has 5 nitrogen and oxygen atoms in total. The zero-order valence-corrected chi connectivity index (χ0v) is 13.2. The summed E-state index contributed by atoms with van der Waals surface area (Å²) in [6.45, 7) is 2.07. The molecule has 3 atom stereocenters. The summed E-state index contributed by atoms with van der Waals surface area (Å²) in [5.74, 6) is 0. The normalized spacial score (nSPS) is 26.3. The Morgan fingerprint density at radius 3 is 2.67 bits per heavy atom. The van der Waals surface area contributed by atoms with Crippen LogP contribution in [-0.4, -0.2) is 34.3 Å². The summed E-state index contributed by atoms with van der Waals surface area (Å²) in [4.78, 5) is 12.8. The highest BCUT2D eigenvalue weighted by Crippen LogP contribution is 2.37. The first-order valence-electron chi connectivity index (χ1n) is 7.06. The molecule has 21 heavy (non-hydrogen) atoms. The molecule has 0 aliphatic heterocycles. The topological polar surface area (TPSA) is 78.4 Å². The van der Waals surface area contributed by atoms with Gasteiger partial charge in [-0.15, -0.1) is 0 Å². The van der Waals surface area contributed by atoms with Gasteiger partial charge < -0.3 is 15.7 Å². The molecule has 0 aromatic heterocycles. The van der Waals surface area contributed by atoms with Gasteiger partial charge in [-0.2, -0.15) is 0 Å². The van der Waals surface area contributed by atoms with Crippen molar-refractivity contribution in [2.24, 2.45) is 5.41 Å². The molecule has 1 aromatic carbocycles. The smallest absolute Gasteiger partial charge is 0.319 e. The van der Waals surface area contributed by atoms with E-state index in [1.165, 1.54) is 0 Å². The minimum absolute atomic E-state index is 0.00933. The molecule has 3 N–H and O–H groups in total. The van der Waals surface area contributed by atoms with Gasteiger partial charge in [0.15, 0.2) is 0 Å². The minimum Gasteiger partial charge on any atom is -0.396 e. The monoisotopic (exact) mass is 310 g/mol. The molecule has 0 bridgehead atoms. The lowest BCUT2D eigenvalue weighted by molar-refractivity contribution is 0.122. The summed E-state index contributed by atoms with van der Waals surface area (Å²) in [7, 11) is -1.02. The Labute approximate surface area is 127 Å². The molecule has 116 valence electrons. The molecular weight excluding hydrogens is 288 g/mol. The van der Waals surface area contributed by atoms with Gasteiger partial charge in [-0.05, 0) is 37.1 Å². The Kier molecular flexibility index (Phi) is 5.00. The van der Waals surface area contributed by atoms with E-state index >= 15 is 0 Å². The highest BCUT2D eigenvalue weighted by Gasteiger charge is 2.39. The van der Waals surface area contributed by atoms with Crippen LogP contribution in [0.2, 0.25) is 0 Å². The number of aliphatic hydroxyl groups is 1.